The number of carbonyl (C=O) groups excluding carboxylic acids is 1. The number of nitrogens with one attached hydrogen (secondary N) is 1. The lowest BCUT2D eigenvalue weighted by Gasteiger charge is -2.22. The molecule has 9 heteroatoms. The van der Waals surface area contributed by atoms with Crippen LogP contribution in [0.2, 0.25) is 0 Å². The zero-order valence-corrected chi connectivity index (χ0v) is 16.0. The molecule has 0 saturated carbocycles. The predicted octanol–water partition coefficient (Wildman–Crippen LogP) is 2.09. The summed E-state index contributed by atoms with van der Waals surface area (Å²) in [5.74, 6) is -0.324. The molecule has 1 aliphatic heterocycles. The molecule has 4 heterocycles. The van der Waals surface area contributed by atoms with Crippen molar-refractivity contribution in [2.45, 2.75) is 25.5 Å². The van der Waals surface area contributed by atoms with Crippen LogP contribution < -0.4 is 10.1 Å². The zero-order chi connectivity index (χ0) is 20.9. The molecule has 3 aromatic heterocycles. The molecule has 2 N–H and O–H groups in total. The van der Waals surface area contributed by atoms with Crippen molar-refractivity contribution in [1.29, 1.82) is 5.26 Å². The summed E-state index contributed by atoms with van der Waals surface area (Å²) in [6.07, 6.45) is 4.60. The summed E-state index contributed by atoms with van der Waals surface area (Å²) in [6, 6.07) is 8.53. The third kappa shape index (κ3) is 4.29. The number of hydrogen-bond donors (Lipinski definition) is 2. The predicted molar refractivity (Wildman–Crippen MR) is 106 cm³/mol. The summed E-state index contributed by atoms with van der Waals surface area (Å²) >= 11 is 0. The number of aromatic hydroxyl groups is 1. The highest BCUT2D eigenvalue weighted by Gasteiger charge is 2.19. The molecule has 9 nitrogen and oxygen atoms in total. The van der Waals surface area contributed by atoms with Gasteiger partial charge in [0, 0.05) is 37.0 Å². The van der Waals surface area contributed by atoms with Crippen LogP contribution in [0.4, 0.5) is 0 Å². The van der Waals surface area contributed by atoms with Gasteiger partial charge in [-0.1, -0.05) is 6.07 Å². The maximum Gasteiger partial charge on any atom is 0.274 e. The second-order valence-electron chi connectivity index (χ2n) is 6.81. The number of pyridine rings is 3. The molecule has 0 spiro atoms. The van der Waals surface area contributed by atoms with Crippen LogP contribution in [0.25, 0.3) is 10.9 Å². The van der Waals surface area contributed by atoms with Gasteiger partial charge in [-0.05, 0) is 17.7 Å². The van der Waals surface area contributed by atoms with E-state index in [9.17, 15) is 9.90 Å². The SMILES string of the molecule is N#Cc1ccc(CNC(=O)c2ncc3nc(OC4CCOCC4)ccc3c2O)cn1. The Morgan fingerprint density at radius 2 is 2.07 bits per heavy atom. The fourth-order valence-corrected chi connectivity index (χ4v) is 3.13. The van der Waals surface area contributed by atoms with Gasteiger partial charge in [-0.2, -0.15) is 5.26 Å². The van der Waals surface area contributed by atoms with Crippen molar-refractivity contribution >= 4 is 16.8 Å². The Bertz CT molecular complexity index is 1100. The minimum atomic E-state index is -0.527. The average Bonchev–Trinajstić information content (AvgIpc) is 2.79. The van der Waals surface area contributed by atoms with Crippen molar-refractivity contribution in [2.75, 3.05) is 13.2 Å². The van der Waals surface area contributed by atoms with E-state index in [2.05, 4.69) is 20.3 Å². The van der Waals surface area contributed by atoms with Gasteiger partial charge in [0.15, 0.2) is 11.4 Å². The molecule has 3 aromatic rings. The molecule has 0 unspecified atom stereocenters. The highest BCUT2D eigenvalue weighted by molar-refractivity contribution is 6.00. The maximum atomic E-state index is 12.5. The fraction of sp³-hybridized carbons (Fsp3) is 0.286. The van der Waals surface area contributed by atoms with E-state index in [1.54, 1.807) is 24.3 Å². The quantitative estimate of drug-likeness (QED) is 0.660. The lowest BCUT2D eigenvalue weighted by molar-refractivity contribution is 0.0239. The van der Waals surface area contributed by atoms with Crippen molar-refractivity contribution < 1.29 is 19.4 Å². The average molecular weight is 405 g/mol. The summed E-state index contributed by atoms with van der Waals surface area (Å²) in [5, 5.41) is 22.4. The largest absolute Gasteiger partial charge is 0.505 e. The minimum Gasteiger partial charge on any atom is -0.505 e. The Morgan fingerprint density at radius 3 is 2.80 bits per heavy atom. The number of hydrogen-bond acceptors (Lipinski definition) is 8. The van der Waals surface area contributed by atoms with E-state index in [-0.39, 0.29) is 24.1 Å². The lowest BCUT2D eigenvalue weighted by atomic mass is 10.1. The van der Waals surface area contributed by atoms with Crippen LogP contribution in [0.5, 0.6) is 11.6 Å². The van der Waals surface area contributed by atoms with Gasteiger partial charge in [-0.15, -0.1) is 0 Å². The first kappa shape index (κ1) is 19.5. The molecule has 0 bridgehead atoms. The Kier molecular flexibility index (Phi) is 5.68. The molecule has 0 atom stereocenters. The maximum absolute atomic E-state index is 12.5. The minimum absolute atomic E-state index is 0.0482. The molecule has 1 fully saturated rings. The van der Waals surface area contributed by atoms with Crippen molar-refractivity contribution in [2.24, 2.45) is 0 Å². The van der Waals surface area contributed by atoms with Crippen molar-refractivity contribution in [3.05, 3.63) is 53.6 Å². The van der Waals surface area contributed by atoms with Crippen LogP contribution in [-0.2, 0) is 11.3 Å². The summed E-state index contributed by atoms with van der Waals surface area (Å²) < 4.78 is 11.2. The van der Waals surface area contributed by atoms with Crippen molar-refractivity contribution in [1.82, 2.24) is 20.3 Å². The lowest BCUT2D eigenvalue weighted by Crippen LogP contribution is -2.26. The van der Waals surface area contributed by atoms with Crippen LogP contribution in [0.15, 0.2) is 36.7 Å². The van der Waals surface area contributed by atoms with E-state index in [1.165, 1.54) is 12.4 Å². The van der Waals surface area contributed by atoms with Gasteiger partial charge in [-0.3, -0.25) is 4.79 Å². The summed E-state index contributed by atoms with van der Waals surface area (Å²) in [5.41, 5.74) is 1.36. The summed E-state index contributed by atoms with van der Waals surface area (Å²) in [6.45, 7) is 1.52. The summed E-state index contributed by atoms with van der Waals surface area (Å²) in [7, 11) is 0. The number of nitriles is 1. The number of carbonyl (C=O) groups is 1. The van der Waals surface area contributed by atoms with E-state index in [4.69, 9.17) is 14.7 Å². The molecule has 0 aromatic carbocycles. The first-order valence-electron chi connectivity index (χ1n) is 9.50. The molecule has 30 heavy (non-hydrogen) atoms. The Balaban J connectivity index is 1.47. The highest BCUT2D eigenvalue weighted by atomic mass is 16.5. The van der Waals surface area contributed by atoms with Gasteiger partial charge in [0.25, 0.3) is 5.91 Å². The third-order valence-corrected chi connectivity index (χ3v) is 4.76. The number of ether oxygens (including phenoxy) is 2. The molecule has 152 valence electrons. The Hall–Kier alpha value is -3.77. The standard InChI is InChI=1S/C21H19N5O4/c22-9-14-2-1-13(10-23-14)11-25-21(28)19-20(27)16-3-4-18(26-17(16)12-24-19)30-15-5-7-29-8-6-15/h1-4,10,12,15,27H,5-8,11H2,(H,25,28). The van der Waals surface area contributed by atoms with Crippen LogP contribution in [0, 0.1) is 11.3 Å². The molecule has 1 aliphatic rings. The molecule has 0 aliphatic carbocycles. The number of rotatable bonds is 5. The van der Waals surface area contributed by atoms with E-state index in [0.29, 0.717) is 35.7 Å². The van der Waals surface area contributed by atoms with Gasteiger partial charge in [-0.25, -0.2) is 15.0 Å². The van der Waals surface area contributed by atoms with Crippen LogP contribution in [-0.4, -0.2) is 45.3 Å². The van der Waals surface area contributed by atoms with Gasteiger partial charge in [0.05, 0.1) is 24.9 Å². The fourth-order valence-electron chi connectivity index (χ4n) is 3.13. The van der Waals surface area contributed by atoms with E-state index < -0.39 is 5.91 Å². The molecular formula is C21H19N5O4. The second kappa shape index (κ2) is 8.71. The third-order valence-electron chi connectivity index (χ3n) is 4.76. The van der Waals surface area contributed by atoms with E-state index in [0.717, 1.165) is 18.4 Å². The number of nitrogens with zero attached hydrogens (tertiary/aromatic N) is 4. The Labute approximate surface area is 172 Å². The molecule has 1 saturated heterocycles. The number of fused-ring (bicyclic) bond motifs is 1. The van der Waals surface area contributed by atoms with Gasteiger partial charge < -0.3 is 19.9 Å². The number of amides is 1. The zero-order valence-electron chi connectivity index (χ0n) is 16.0. The van der Waals surface area contributed by atoms with Crippen LogP contribution >= 0.6 is 0 Å². The topological polar surface area (TPSA) is 130 Å². The number of aromatic nitrogens is 3. The van der Waals surface area contributed by atoms with E-state index >= 15 is 0 Å². The first-order chi connectivity index (χ1) is 14.6. The van der Waals surface area contributed by atoms with Crippen LogP contribution in [0.3, 0.4) is 0 Å². The van der Waals surface area contributed by atoms with Crippen LogP contribution in [0.1, 0.15) is 34.6 Å². The normalized spacial score (nSPS) is 14.2. The molecular weight excluding hydrogens is 386 g/mol. The molecule has 0 radical (unpaired) electrons. The van der Waals surface area contributed by atoms with Gasteiger partial charge >= 0.3 is 0 Å². The first-order valence-corrected chi connectivity index (χ1v) is 9.50. The van der Waals surface area contributed by atoms with Gasteiger partial charge in [0.1, 0.15) is 17.9 Å². The Morgan fingerprint density at radius 1 is 1.23 bits per heavy atom. The monoisotopic (exact) mass is 405 g/mol. The molecule has 4 rings (SSSR count). The smallest absolute Gasteiger partial charge is 0.274 e. The summed E-state index contributed by atoms with van der Waals surface area (Å²) in [4.78, 5) is 24.9. The second-order valence-corrected chi connectivity index (χ2v) is 6.81. The van der Waals surface area contributed by atoms with E-state index in [1.807, 2.05) is 6.07 Å². The van der Waals surface area contributed by atoms with Crippen molar-refractivity contribution in [3.63, 3.8) is 0 Å². The van der Waals surface area contributed by atoms with Crippen molar-refractivity contribution in [3.8, 4) is 17.7 Å². The molecule has 1 amide bonds. The highest BCUT2D eigenvalue weighted by Crippen LogP contribution is 2.28. The van der Waals surface area contributed by atoms with Gasteiger partial charge in [0.2, 0.25) is 5.88 Å².